The minimum atomic E-state index is 0.618. The van der Waals surface area contributed by atoms with Gasteiger partial charge >= 0.3 is 0 Å². The second-order valence-corrected chi connectivity index (χ2v) is 23.4. The van der Waals surface area contributed by atoms with Crippen LogP contribution >= 0.6 is 0 Å². The lowest BCUT2D eigenvalue weighted by Gasteiger charge is -2.38. The van der Waals surface area contributed by atoms with Crippen molar-refractivity contribution in [3.8, 4) is 0 Å². The second kappa shape index (κ2) is 19.0. The molecule has 0 amide bonds. The zero-order valence-corrected chi connectivity index (χ0v) is 41.3. The van der Waals surface area contributed by atoms with Gasteiger partial charge in [0.2, 0.25) is 0 Å². The van der Waals surface area contributed by atoms with Crippen molar-refractivity contribution >= 4 is 22.7 Å². The Morgan fingerprint density at radius 1 is 0.515 bits per heavy atom. The average molecular weight is 899 g/mol. The molecule has 0 radical (unpaired) electrons. The van der Waals surface area contributed by atoms with E-state index >= 15 is 0 Å². The number of aryl methyl sites for hydroxylation is 1. The van der Waals surface area contributed by atoms with Crippen LogP contribution in [0, 0.1) is 41.4 Å². The van der Waals surface area contributed by atoms with Crippen LogP contribution in [-0.2, 0) is 32.1 Å². The van der Waals surface area contributed by atoms with Gasteiger partial charge in [0.05, 0.1) is 5.52 Å². The number of fused-ring (bicyclic) bond motifs is 6. The first-order chi connectivity index (χ1) is 33.7. The predicted octanol–water partition coefficient (Wildman–Crippen LogP) is 17.2. The summed E-state index contributed by atoms with van der Waals surface area (Å²) in [6.45, 7) is 0. The highest BCUT2D eigenvalue weighted by Gasteiger charge is 2.37. The fourth-order valence-corrected chi connectivity index (χ4v) is 16.2. The molecule has 0 aliphatic heterocycles. The van der Waals surface area contributed by atoms with Crippen LogP contribution in [0.15, 0.2) is 131 Å². The fourth-order valence-electron chi connectivity index (χ4n) is 16.2. The van der Waals surface area contributed by atoms with E-state index in [4.69, 9.17) is 0 Å². The molecule has 10 aliphatic carbocycles. The number of allylic oxidation sites excluding steroid dienone is 19. The molecule has 13 rings (SSSR count). The van der Waals surface area contributed by atoms with E-state index in [0.29, 0.717) is 29.7 Å². The number of para-hydroxylation sites is 1. The number of nitrogens with zero attached hydrogens (tertiary/aromatic N) is 2. The van der Waals surface area contributed by atoms with E-state index in [0.717, 1.165) is 24.2 Å². The maximum atomic E-state index is 3.03. The van der Waals surface area contributed by atoms with E-state index in [9.17, 15) is 0 Å². The lowest BCUT2D eigenvalue weighted by atomic mass is 9.68. The first-order valence-corrected chi connectivity index (χ1v) is 28.4. The average Bonchev–Trinajstić information content (AvgIpc) is 3.94. The number of hydrogen-bond acceptors (Lipinski definition) is 0. The van der Waals surface area contributed by atoms with Gasteiger partial charge in [-0.3, -0.25) is 0 Å². The molecule has 2 heteroatoms. The molecule has 2 heterocycles. The molecule has 68 heavy (non-hydrogen) atoms. The molecule has 2 aromatic heterocycles. The molecule has 0 saturated carbocycles. The van der Waals surface area contributed by atoms with Crippen molar-refractivity contribution in [1.29, 1.82) is 0 Å². The lowest BCUT2D eigenvalue weighted by Crippen LogP contribution is -2.26. The molecule has 352 valence electrons. The van der Waals surface area contributed by atoms with Crippen LogP contribution in [0.1, 0.15) is 175 Å². The van der Waals surface area contributed by atoms with E-state index < -0.39 is 0 Å². The van der Waals surface area contributed by atoms with Gasteiger partial charge in [-0.2, -0.15) is 0 Å². The zero-order valence-electron chi connectivity index (χ0n) is 41.3. The van der Waals surface area contributed by atoms with Gasteiger partial charge in [0.25, 0.3) is 0 Å². The zero-order chi connectivity index (χ0) is 45.0. The quantitative estimate of drug-likeness (QED) is 0.199. The summed E-state index contributed by atoms with van der Waals surface area (Å²) in [6, 6.07) is 10.0. The summed E-state index contributed by atoms with van der Waals surface area (Å²) in [6.07, 6.45) is 69.0. The van der Waals surface area contributed by atoms with Gasteiger partial charge in [0.1, 0.15) is 0 Å². The monoisotopic (exact) mass is 899 g/mol. The first kappa shape index (κ1) is 43.5. The lowest BCUT2D eigenvalue weighted by molar-refractivity contribution is 0.321. The third-order valence-corrected chi connectivity index (χ3v) is 19.7. The van der Waals surface area contributed by atoms with Crippen molar-refractivity contribution in [2.24, 2.45) is 41.4 Å². The molecule has 10 aliphatic rings. The highest BCUT2D eigenvalue weighted by Crippen LogP contribution is 2.50. The number of hydrogen-bond donors (Lipinski definition) is 0. The number of rotatable bonds is 8. The third-order valence-electron chi connectivity index (χ3n) is 19.7. The molecular formula is C66H78N2. The van der Waals surface area contributed by atoms with E-state index in [1.54, 1.807) is 50.4 Å². The molecule has 1 aromatic carbocycles. The van der Waals surface area contributed by atoms with E-state index in [1.807, 2.05) is 5.57 Å². The van der Waals surface area contributed by atoms with Gasteiger partial charge in [-0.05, 0) is 254 Å². The van der Waals surface area contributed by atoms with Crippen LogP contribution in [0.2, 0.25) is 0 Å². The Morgan fingerprint density at radius 2 is 1.47 bits per heavy atom. The van der Waals surface area contributed by atoms with Gasteiger partial charge in [-0.15, -0.1) is 0 Å². The largest absolute Gasteiger partial charge is 0.345 e. The first-order valence-electron chi connectivity index (χ1n) is 28.4. The number of benzene rings is 1. The predicted molar refractivity (Wildman–Crippen MR) is 286 cm³/mol. The highest BCUT2D eigenvalue weighted by atomic mass is 15.0. The Bertz CT molecular complexity index is 2750. The van der Waals surface area contributed by atoms with Crippen molar-refractivity contribution in [2.75, 3.05) is 0 Å². The topological polar surface area (TPSA) is 9.86 Å². The summed E-state index contributed by atoms with van der Waals surface area (Å²) in [7, 11) is 0. The van der Waals surface area contributed by atoms with Gasteiger partial charge in [0, 0.05) is 34.2 Å². The molecule has 0 saturated heterocycles. The standard InChI is InChI=1S/C66H78N2/c1-4-16-45(17-5-1)49-22-14-23-50(38-49)51-24-15-25-58(42-51)68-64-29-13-11-27-60(64)62-37-33-53(44-66(62)68)52-32-36-61-59-26-10-12-28-63(59)67(65(61)43-52)57-34-30-48(31-35-57)56-40-54(46-18-6-2-7-19-46)39-55(41-56)47-20-8-3-9-21-47/h1-2,4,6,8,11,13,15,18,20,22,24-25,27,29-30,39,44-45,47,50-52,55-57H,3,5,7,9-10,12,14,16-17,19,21,23,26,28,31-38,40-43H2. The maximum absolute atomic E-state index is 3.03. The van der Waals surface area contributed by atoms with Crippen molar-refractivity contribution in [3.63, 3.8) is 0 Å². The van der Waals surface area contributed by atoms with Crippen LogP contribution in [0.4, 0.5) is 0 Å². The van der Waals surface area contributed by atoms with Gasteiger partial charge in [0.15, 0.2) is 0 Å². The summed E-state index contributed by atoms with van der Waals surface area (Å²) >= 11 is 0. The molecule has 2 nitrogen and oxygen atoms in total. The summed E-state index contributed by atoms with van der Waals surface area (Å²) in [5, 5.41) is 1.49. The normalized spacial score (nSPS) is 31.5. The molecule has 8 atom stereocenters. The van der Waals surface area contributed by atoms with Crippen molar-refractivity contribution in [3.05, 3.63) is 165 Å². The van der Waals surface area contributed by atoms with Crippen molar-refractivity contribution < 1.29 is 0 Å². The summed E-state index contributed by atoms with van der Waals surface area (Å²) in [4.78, 5) is 0. The highest BCUT2D eigenvalue weighted by molar-refractivity contribution is 5.92. The molecule has 0 N–H and O–H groups in total. The molecule has 8 unspecified atom stereocenters. The minimum absolute atomic E-state index is 0.618. The smallest absolute Gasteiger partial charge is 0.0534 e. The van der Waals surface area contributed by atoms with E-state index in [2.05, 4.69) is 118 Å². The summed E-state index contributed by atoms with van der Waals surface area (Å²) in [5.74, 6) is 4.94. The van der Waals surface area contributed by atoms with Crippen LogP contribution < -0.4 is 0 Å². The van der Waals surface area contributed by atoms with Crippen LogP contribution in [0.3, 0.4) is 0 Å². The Labute approximate surface area is 409 Å². The van der Waals surface area contributed by atoms with Crippen LogP contribution in [0.5, 0.6) is 0 Å². The third kappa shape index (κ3) is 8.20. The maximum Gasteiger partial charge on any atom is 0.0534 e. The van der Waals surface area contributed by atoms with Gasteiger partial charge < -0.3 is 9.13 Å². The Balaban J connectivity index is 0.767. The van der Waals surface area contributed by atoms with Crippen molar-refractivity contribution in [2.45, 2.75) is 173 Å². The van der Waals surface area contributed by atoms with E-state index in [1.165, 1.54) is 183 Å². The second-order valence-electron chi connectivity index (χ2n) is 23.4. The summed E-state index contributed by atoms with van der Waals surface area (Å²) < 4.78 is 5.78. The number of aromatic nitrogens is 2. The Hall–Kier alpha value is -4.56. The SMILES string of the molecule is C1=CCCC(C2=CC(C3C=CCCC3)CC(C3=CCC(n4c5c(c6c4CC(C4=Cc7c(c8ccccc8n7C7=CC=CC(C8CCC=C(C9CC=CCC9)C8)C7)CC4)CC6)CCCC5)CC3)C2)=C1. The van der Waals surface area contributed by atoms with E-state index in [-0.39, 0.29) is 0 Å². The van der Waals surface area contributed by atoms with Gasteiger partial charge in [-0.1, -0.05) is 108 Å². The Morgan fingerprint density at radius 3 is 2.35 bits per heavy atom. The molecular weight excluding hydrogens is 821 g/mol. The Kier molecular flexibility index (Phi) is 12.1. The summed E-state index contributed by atoms with van der Waals surface area (Å²) in [5.41, 5.74) is 21.8. The molecule has 0 bridgehead atoms. The minimum Gasteiger partial charge on any atom is -0.345 e. The fraction of sp³-hybridized carbons (Fsp3) is 0.515. The molecule has 3 aromatic rings. The van der Waals surface area contributed by atoms with Crippen LogP contribution in [-0.4, -0.2) is 9.13 Å². The van der Waals surface area contributed by atoms with Gasteiger partial charge in [-0.25, -0.2) is 0 Å². The van der Waals surface area contributed by atoms with Crippen molar-refractivity contribution in [1.82, 2.24) is 9.13 Å². The van der Waals surface area contributed by atoms with Crippen LogP contribution in [0.25, 0.3) is 22.7 Å². The molecule has 0 fully saturated rings. The molecule has 0 spiro atoms.